The number of benzene rings is 1. The zero-order valence-electron chi connectivity index (χ0n) is 14.9. The van der Waals surface area contributed by atoms with E-state index in [0.717, 1.165) is 17.9 Å². The van der Waals surface area contributed by atoms with Crippen LogP contribution in [0.1, 0.15) is 22.0 Å². The lowest BCUT2D eigenvalue weighted by atomic mass is 9.88. The number of likely N-dealkylation sites (tertiary alicyclic amines) is 1. The molecule has 1 aliphatic rings. The number of aliphatic carboxylic acids is 1. The van der Waals surface area contributed by atoms with E-state index in [1.54, 1.807) is 24.3 Å². The molecule has 0 spiro atoms. The second-order valence-corrected chi connectivity index (χ2v) is 6.18. The predicted octanol–water partition coefficient (Wildman–Crippen LogP) is 1.60. The zero-order valence-corrected chi connectivity index (χ0v) is 14.9. The van der Waals surface area contributed by atoms with Crippen LogP contribution in [-0.2, 0) is 4.79 Å². The van der Waals surface area contributed by atoms with E-state index in [4.69, 9.17) is 13.9 Å². The first-order valence-corrected chi connectivity index (χ1v) is 8.28. The molecule has 27 heavy (non-hydrogen) atoms. The third-order valence-electron chi connectivity index (χ3n) is 4.69. The van der Waals surface area contributed by atoms with E-state index in [9.17, 15) is 19.5 Å². The van der Waals surface area contributed by atoms with Gasteiger partial charge in [-0.2, -0.15) is 0 Å². The minimum atomic E-state index is -1.00. The van der Waals surface area contributed by atoms with Crippen molar-refractivity contribution in [2.45, 2.75) is 5.92 Å². The summed E-state index contributed by atoms with van der Waals surface area (Å²) in [6.45, 7) is 0.179. The standard InChI is InChI=1S/C19H19NO7/c1-25-15-6-4-3-5-11(15)12-8-20(9-13(12)19(23)24)18(22)16-7-14(21)17(26-2)10-27-16/h3-7,10,12-13H,8-9H2,1-2H3,(H,23,24)/t12-,13+/m0/s1. The molecule has 2 atom stereocenters. The molecule has 142 valence electrons. The largest absolute Gasteiger partial charge is 0.496 e. The number of methoxy groups -OCH3 is 2. The van der Waals surface area contributed by atoms with Gasteiger partial charge >= 0.3 is 5.97 Å². The lowest BCUT2D eigenvalue weighted by Gasteiger charge is -2.18. The summed E-state index contributed by atoms with van der Waals surface area (Å²) in [7, 11) is 2.84. The van der Waals surface area contributed by atoms with Crippen LogP contribution in [0.25, 0.3) is 0 Å². The Balaban J connectivity index is 1.90. The Morgan fingerprint density at radius 3 is 2.48 bits per heavy atom. The third-order valence-corrected chi connectivity index (χ3v) is 4.69. The maximum Gasteiger partial charge on any atom is 0.308 e. The summed E-state index contributed by atoms with van der Waals surface area (Å²) in [4.78, 5) is 37.7. The van der Waals surface area contributed by atoms with Crippen LogP contribution in [0.5, 0.6) is 11.5 Å². The monoisotopic (exact) mass is 373 g/mol. The van der Waals surface area contributed by atoms with Gasteiger partial charge in [-0.3, -0.25) is 14.4 Å². The Morgan fingerprint density at radius 1 is 1.15 bits per heavy atom. The van der Waals surface area contributed by atoms with Gasteiger partial charge in [0, 0.05) is 25.1 Å². The summed E-state index contributed by atoms with van der Waals surface area (Å²) >= 11 is 0. The second kappa shape index (κ2) is 7.53. The molecule has 1 amide bonds. The molecular formula is C19H19NO7. The van der Waals surface area contributed by atoms with Crippen LogP contribution in [0.3, 0.4) is 0 Å². The molecule has 3 rings (SSSR count). The number of amides is 1. The molecule has 0 bridgehead atoms. The van der Waals surface area contributed by atoms with Gasteiger partial charge in [-0.25, -0.2) is 0 Å². The highest BCUT2D eigenvalue weighted by Gasteiger charge is 2.42. The van der Waals surface area contributed by atoms with Gasteiger partial charge in [-0.05, 0) is 11.6 Å². The highest BCUT2D eigenvalue weighted by atomic mass is 16.5. The number of carbonyl (C=O) groups is 2. The van der Waals surface area contributed by atoms with E-state index in [1.165, 1.54) is 19.1 Å². The maximum atomic E-state index is 12.7. The SMILES string of the molecule is COc1ccccc1[C@@H]1CN(C(=O)c2cc(=O)c(OC)co2)C[C@H]1C(=O)O. The molecule has 1 aromatic heterocycles. The summed E-state index contributed by atoms with van der Waals surface area (Å²) in [5.74, 6) is -2.38. The highest BCUT2D eigenvalue weighted by Crippen LogP contribution is 2.38. The summed E-state index contributed by atoms with van der Waals surface area (Å²) in [5, 5.41) is 9.62. The number of carbonyl (C=O) groups excluding carboxylic acids is 1. The molecule has 2 heterocycles. The van der Waals surface area contributed by atoms with Crippen LogP contribution < -0.4 is 14.9 Å². The number of ether oxygens (including phenoxy) is 2. The van der Waals surface area contributed by atoms with Crippen LogP contribution in [0.15, 0.2) is 45.8 Å². The molecule has 1 saturated heterocycles. The first-order chi connectivity index (χ1) is 13.0. The van der Waals surface area contributed by atoms with Gasteiger partial charge in [0.25, 0.3) is 5.91 Å². The van der Waals surface area contributed by atoms with Gasteiger partial charge in [0.05, 0.1) is 20.1 Å². The van der Waals surface area contributed by atoms with Crippen LogP contribution in [-0.4, -0.2) is 49.2 Å². The Labute approximate surface area is 154 Å². The van der Waals surface area contributed by atoms with Crippen LogP contribution in [0.2, 0.25) is 0 Å². The van der Waals surface area contributed by atoms with E-state index in [2.05, 4.69) is 0 Å². The number of rotatable bonds is 5. The molecule has 0 aliphatic carbocycles. The quantitative estimate of drug-likeness (QED) is 0.848. The molecule has 2 aromatic rings. The van der Waals surface area contributed by atoms with Crippen molar-refractivity contribution in [2.24, 2.45) is 5.92 Å². The minimum absolute atomic E-state index is 0.00657. The van der Waals surface area contributed by atoms with Crippen molar-refractivity contribution in [1.82, 2.24) is 4.90 Å². The van der Waals surface area contributed by atoms with E-state index in [0.29, 0.717) is 5.75 Å². The second-order valence-electron chi connectivity index (χ2n) is 6.18. The number of carboxylic acid groups (broad SMARTS) is 1. The Kier molecular flexibility index (Phi) is 5.16. The number of nitrogens with zero attached hydrogens (tertiary/aromatic N) is 1. The molecule has 0 unspecified atom stereocenters. The fraction of sp³-hybridized carbons (Fsp3) is 0.316. The lowest BCUT2D eigenvalue weighted by Crippen LogP contribution is -2.30. The molecule has 1 aliphatic heterocycles. The molecule has 1 aromatic carbocycles. The van der Waals surface area contributed by atoms with Crippen LogP contribution in [0, 0.1) is 5.92 Å². The summed E-state index contributed by atoms with van der Waals surface area (Å²) in [6.07, 6.45) is 1.07. The van der Waals surface area contributed by atoms with E-state index in [-0.39, 0.29) is 24.6 Å². The van der Waals surface area contributed by atoms with Gasteiger partial charge in [0.1, 0.15) is 12.0 Å². The first-order valence-electron chi connectivity index (χ1n) is 8.28. The van der Waals surface area contributed by atoms with Crippen molar-refractivity contribution >= 4 is 11.9 Å². The number of hydrogen-bond donors (Lipinski definition) is 1. The fourth-order valence-electron chi connectivity index (χ4n) is 3.32. The van der Waals surface area contributed by atoms with Gasteiger partial charge in [0.15, 0.2) is 5.76 Å². The van der Waals surface area contributed by atoms with E-state index in [1.807, 2.05) is 0 Å². The summed E-state index contributed by atoms with van der Waals surface area (Å²) < 4.78 is 15.4. The lowest BCUT2D eigenvalue weighted by molar-refractivity contribution is -0.141. The number of para-hydroxylation sites is 1. The minimum Gasteiger partial charge on any atom is -0.496 e. The first kappa shape index (κ1) is 18.5. The van der Waals surface area contributed by atoms with Crippen molar-refractivity contribution < 1.29 is 28.6 Å². The summed E-state index contributed by atoms with van der Waals surface area (Å²) in [6, 6.07) is 8.18. The Bertz CT molecular complexity index is 920. The average molecular weight is 373 g/mol. The molecule has 8 nitrogen and oxygen atoms in total. The molecule has 1 fully saturated rings. The molecular weight excluding hydrogens is 354 g/mol. The Morgan fingerprint density at radius 2 is 1.85 bits per heavy atom. The van der Waals surface area contributed by atoms with Gasteiger partial charge in [-0.1, -0.05) is 18.2 Å². The highest BCUT2D eigenvalue weighted by molar-refractivity contribution is 5.92. The maximum absolute atomic E-state index is 12.7. The third kappa shape index (κ3) is 3.51. The van der Waals surface area contributed by atoms with Gasteiger partial charge in [-0.15, -0.1) is 0 Å². The summed E-state index contributed by atoms with van der Waals surface area (Å²) in [5.41, 5.74) is 0.237. The van der Waals surface area contributed by atoms with Crippen molar-refractivity contribution in [3.05, 3.63) is 58.1 Å². The van der Waals surface area contributed by atoms with Gasteiger partial charge < -0.3 is 23.9 Å². The van der Waals surface area contributed by atoms with Gasteiger partial charge in [0.2, 0.25) is 11.2 Å². The zero-order chi connectivity index (χ0) is 19.6. The van der Waals surface area contributed by atoms with E-state index < -0.39 is 29.1 Å². The van der Waals surface area contributed by atoms with Crippen molar-refractivity contribution in [1.29, 1.82) is 0 Å². The number of hydrogen-bond acceptors (Lipinski definition) is 6. The predicted molar refractivity (Wildman–Crippen MR) is 94.3 cm³/mol. The molecule has 8 heteroatoms. The molecule has 0 radical (unpaired) electrons. The van der Waals surface area contributed by atoms with Crippen molar-refractivity contribution in [3.63, 3.8) is 0 Å². The molecule has 0 saturated carbocycles. The smallest absolute Gasteiger partial charge is 0.308 e. The van der Waals surface area contributed by atoms with E-state index >= 15 is 0 Å². The van der Waals surface area contributed by atoms with Crippen molar-refractivity contribution in [3.8, 4) is 11.5 Å². The topological polar surface area (TPSA) is 106 Å². The van der Waals surface area contributed by atoms with Crippen LogP contribution in [0.4, 0.5) is 0 Å². The average Bonchev–Trinajstić information content (AvgIpc) is 3.12. The Hall–Kier alpha value is -3.29. The van der Waals surface area contributed by atoms with Crippen LogP contribution >= 0.6 is 0 Å². The molecule has 1 N–H and O–H groups in total. The fourth-order valence-corrected chi connectivity index (χ4v) is 3.32. The normalized spacial score (nSPS) is 19.0. The number of carboxylic acids is 1. The van der Waals surface area contributed by atoms with Crippen molar-refractivity contribution in [2.75, 3.05) is 27.3 Å².